The highest BCUT2D eigenvalue weighted by atomic mass is 16.2. The van der Waals surface area contributed by atoms with Crippen molar-refractivity contribution in [2.45, 2.75) is 84.8 Å². The molecule has 1 N–H and O–H groups in total. The second kappa shape index (κ2) is 7.62. The van der Waals surface area contributed by atoms with Gasteiger partial charge in [-0.1, -0.05) is 59.8 Å². The molecular weight excluding hydrogens is 260 g/mol. The summed E-state index contributed by atoms with van der Waals surface area (Å²) in [5, 5.41) is 3.59. The molecule has 1 aliphatic heterocycles. The highest BCUT2D eigenvalue weighted by molar-refractivity contribution is 5.84. The maximum Gasteiger partial charge on any atom is 0.241 e. The molecule has 122 valence electrons. The second-order valence-electron chi connectivity index (χ2n) is 7.86. The van der Waals surface area contributed by atoms with E-state index in [2.05, 4.69) is 37.9 Å². The summed E-state index contributed by atoms with van der Waals surface area (Å²) in [7, 11) is 0. The molecule has 2 fully saturated rings. The van der Waals surface area contributed by atoms with E-state index in [1.807, 2.05) is 0 Å². The zero-order chi connectivity index (χ0) is 15.4. The topological polar surface area (TPSA) is 32.3 Å². The van der Waals surface area contributed by atoms with E-state index in [1.165, 1.54) is 38.5 Å². The molecule has 0 radical (unpaired) electrons. The van der Waals surface area contributed by atoms with Crippen LogP contribution in [-0.2, 0) is 4.79 Å². The third kappa shape index (κ3) is 4.45. The maximum atomic E-state index is 12.7. The number of hydrogen-bond donors (Lipinski definition) is 1. The Morgan fingerprint density at radius 1 is 1.14 bits per heavy atom. The standard InChI is InChI=1S/C18H34N2O/c1-13(2)12-16-19-17(14(3)4)18(21)20(16)11-10-15-8-6-5-7-9-15/h13-17,19H,5-12H2,1-4H3. The van der Waals surface area contributed by atoms with Crippen LogP contribution in [0.25, 0.3) is 0 Å². The largest absolute Gasteiger partial charge is 0.326 e. The SMILES string of the molecule is CC(C)CC1NC(C(C)C)C(=O)N1CCC1CCCCC1. The molecular formula is C18H34N2O. The maximum absolute atomic E-state index is 12.7. The fourth-order valence-electron chi connectivity index (χ4n) is 3.88. The van der Waals surface area contributed by atoms with Crippen LogP contribution >= 0.6 is 0 Å². The Morgan fingerprint density at radius 2 is 1.81 bits per heavy atom. The Hall–Kier alpha value is -0.570. The Labute approximate surface area is 130 Å². The minimum atomic E-state index is 0.0279. The van der Waals surface area contributed by atoms with Gasteiger partial charge in [0.2, 0.25) is 5.91 Å². The molecule has 0 aromatic heterocycles. The predicted molar refractivity (Wildman–Crippen MR) is 87.9 cm³/mol. The number of nitrogens with zero attached hydrogens (tertiary/aromatic N) is 1. The highest BCUT2D eigenvalue weighted by Crippen LogP contribution is 2.28. The summed E-state index contributed by atoms with van der Waals surface area (Å²) in [5.74, 6) is 2.20. The predicted octanol–water partition coefficient (Wildman–Crippen LogP) is 3.79. The van der Waals surface area contributed by atoms with Gasteiger partial charge in [0, 0.05) is 6.54 Å². The van der Waals surface area contributed by atoms with Crippen molar-refractivity contribution in [3.63, 3.8) is 0 Å². The van der Waals surface area contributed by atoms with Gasteiger partial charge in [0.15, 0.2) is 0 Å². The van der Waals surface area contributed by atoms with Gasteiger partial charge in [0.1, 0.15) is 0 Å². The van der Waals surface area contributed by atoms with E-state index in [4.69, 9.17) is 0 Å². The van der Waals surface area contributed by atoms with Gasteiger partial charge in [-0.05, 0) is 30.6 Å². The van der Waals surface area contributed by atoms with E-state index in [-0.39, 0.29) is 12.2 Å². The Morgan fingerprint density at radius 3 is 2.38 bits per heavy atom. The molecule has 1 saturated heterocycles. The van der Waals surface area contributed by atoms with E-state index in [9.17, 15) is 4.79 Å². The van der Waals surface area contributed by atoms with Gasteiger partial charge in [-0.3, -0.25) is 10.1 Å². The van der Waals surface area contributed by atoms with E-state index >= 15 is 0 Å². The van der Waals surface area contributed by atoms with Crippen molar-refractivity contribution < 1.29 is 4.79 Å². The molecule has 0 spiro atoms. The number of carbonyl (C=O) groups excluding carboxylic acids is 1. The third-order valence-corrected chi connectivity index (χ3v) is 5.16. The summed E-state index contributed by atoms with van der Waals surface area (Å²) in [4.78, 5) is 14.8. The lowest BCUT2D eigenvalue weighted by atomic mass is 9.87. The van der Waals surface area contributed by atoms with Gasteiger partial charge in [0.25, 0.3) is 0 Å². The molecule has 2 aliphatic rings. The quantitative estimate of drug-likeness (QED) is 0.808. The summed E-state index contributed by atoms with van der Waals surface area (Å²) in [5.41, 5.74) is 0. The highest BCUT2D eigenvalue weighted by Gasteiger charge is 2.40. The lowest BCUT2D eigenvalue weighted by Crippen LogP contribution is -2.39. The van der Waals surface area contributed by atoms with Crippen LogP contribution in [0.1, 0.15) is 72.6 Å². The van der Waals surface area contributed by atoms with E-state index in [0.717, 1.165) is 18.9 Å². The minimum Gasteiger partial charge on any atom is -0.326 e. The number of nitrogens with one attached hydrogen (secondary N) is 1. The van der Waals surface area contributed by atoms with Crippen LogP contribution in [-0.4, -0.2) is 29.6 Å². The molecule has 2 rings (SSSR count). The van der Waals surface area contributed by atoms with Gasteiger partial charge in [-0.25, -0.2) is 0 Å². The van der Waals surface area contributed by atoms with Crippen LogP contribution in [0, 0.1) is 17.8 Å². The molecule has 3 nitrogen and oxygen atoms in total. The van der Waals surface area contributed by atoms with Crippen molar-refractivity contribution in [2.75, 3.05) is 6.54 Å². The molecule has 3 heteroatoms. The molecule has 21 heavy (non-hydrogen) atoms. The van der Waals surface area contributed by atoms with Crippen LogP contribution < -0.4 is 5.32 Å². The number of rotatable bonds is 6. The first-order valence-electron chi connectivity index (χ1n) is 9.05. The van der Waals surface area contributed by atoms with Crippen LogP contribution in [0.5, 0.6) is 0 Å². The van der Waals surface area contributed by atoms with E-state index in [0.29, 0.717) is 17.7 Å². The molecule has 1 heterocycles. The van der Waals surface area contributed by atoms with Crippen LogP contribution in [0.2, 0.25) is 0 Å². The monoisotopic (exact) mass is 294 g/mol. The van der Waals surface area contributed by atoms with Crippen LogP contribution in [0.15, 0.2) is 0 Å². The van der Waals surface area contributed by atoms with Crippen molar-refractivity contribution >= 4 is 5.91 Å². The first-order chi connectivity index (χ1) is 9.99. The molecule has 2 unspecified atom stereocenters. The number of hydrogen-bond acceptors (Lipinski definition) is 2. The third-order valence-electron chi connectivity index (χ3n) is 5.16. The molecule has 0 aromatic rings. The Kier molecular flexibility index (Phi) is 6.09. The summed E-state index contributed by atoms with van der Waals surface area (Å²) in [6.45, 7) is 9.73. The Balaban J connectivity index is 1.93. The van der Waals surface area contributed by atoms with Gasteiger partial charge in [0.05, 0.1) is 12.2 Å². The second-order valence-corrected chi connectivity index (χ2v) is 7.86. The first-order valence-corrected chi connectivity index (χ1v) is 9.05. The molecule has 2 atom stereocenters. The molecule has 1 amide bonds. The van der Waals surface area contributed by atoms with Crippen molar-refractivity contribution in [3.05, 3.63) is 0 Å². The van der Waals surface area contributed by atoms with Gasteiger partial charge in [-0.2, -0.15) is 0 Å². The molecule has 0 aromatic carbocycles. The molecule has 1 saturated carbocycles. The van der Waals surface area contributed by atoms with Gasteiger partial charge >= 0.3 is 0 Å². The number of carbonyl (C=O) groups is 1. The normalized spacial score (nSPS) is 28.1. The smallest absolute Gasteiger partial charge is 0.241 e. The average molecular weight is 294 g/mol. The molecule has 0 bridgehead atoms. The summed E-state index contributed by atoms with van der Waals surface area (Å²) in [6.07, 6.45) is 9.46. The lowest BCUT2D eigenvalue weighted by molar-refractivity contribution is -0.131. The van der Waals surface area contributed by atoms with Crippen LogP contribution in [0.4, 0.5) is 0 Å². The zero-order valence-electron chi connectivity index (χ0n) is 14.4. The number of amides is 1. The van der Waals surface area contributed by atoms with E-state index < -0.39 is 0 Å². The van der Waals surface area contributed by atoms with Crippen molar-refractivity contribution in [1.29, 1.82) is 0 Å². The summed E-state index contributed by atoms with van der Waals surface area (Å²) < 4.78 is 0. The van der Waals surface area contributed by atoms with Crippen LogP contribution in [0.3, 0.4) is 0 Å². The summed E-state index contributed by atoms with van der Waals surface area (Å²) in [6, 6.07) is 0.0279. The van der Waals surface area contributed by atoms with Crippen molar-refractivity contribution in [1.82, 2.24) is 10.2 Å². The van der Waals surface area contributed by atoms with Gasteiger partial charge in [-0.15, -0.1) is 0 Å². The van der Waals surface area contributed by atoms with E-state index in [1.54, 1.807) is 0 Å². The van der Waals surface area contributed by atoms with Gasteiger partial charge < -0.3 is 4.90 Å². The lowest BCUT2D eigenvalue weighted by Gasteiger charge is -2.28. The van der Waals surface area contributed by atoms with Crippen molar-refractivity contribution in [3.8, 4) is 0 Å². The Bertz CT molecular complexity index is 334. The average Bonchev–Trinajstić information content (AvgIpc) is 2.74. The summed E-state index contributed by atoms with van der Waals surface area (Å²) >= 11 is 0. The van der Waals surface area contributed by atoms with Crippen molar-refractivity contribution in [2.24, 2.45) is 17.8 Å². The minimum absolute atomic E-state index is 0.0279. The fourth-order valence-corrected chi connectivity index (χ4v) is 3.88. The zero-order valence-corrected chi connectivity index (χ0v) is 14.4. The molecule has 1 aliphatic carbocycles. The first kappa shape index (κ1) is 16.8. The fraction of sp³-hybridized carbons (Fsp3) is 0.944.